The second-order valence-electron chi connectivity index (χ2n) is 5.00. The van der Waals surface area contributed by atoms with Gasteiger partial charge in [0, 0.05) is 19.0 Å². The number of hydrogen-bond donors (Lipinski definition) is 0. The number of alkyl halides is 1. The van der Waals surface area contributed by atoms with Crippen LogP contribution in [-0.2, 0) is 15.9 Å². The van der Waals surface area contributed by atoms with Crippen LogP contribution in [0.15, 0.2) is 29.2 Å². The fourth-order valence-electron chi connectivity index (χ4n) is 2.56. The Kier molecular flexibility index (Phi) is 4.87. The van der Waals surface area contributed by atoms with Gasteiger partial charge < -0.3 is 0 Å². The minimum atomic E-state index is -3.39. The molecule has 0 aliphatic carbocycles. The molecule has 0 N–H and O–H groups in total. The highest BCUT2D eigenvalue weighted by molar-refractivity contribution is 7.89. The molecule has 1 aromatic carbocycles. The number of sulfonamides is 1. The van der Waals surface area contributed by atoms with Gasteiger partial charge in [0.05, 0.1) is 4.90 Å². The lowest BCUT2D eigenvalue weighted by molar-refractivity contribution is 0.269. The Bertz CT molecular complexity index is 522. The van der Waals surface area contributed by atoms with Crippen molar-refractivity contribution in [2.45, 2.75) is 37.0 Å². The van der Waals surface area contributed by atoms with Crippen LogP contribution in [0.3, 0.4) is 0 Å². The SMILES string of the molecule is CCC1CCN(S(=O)(=O)c2ccccc2CCl)CC1. The van der Waals surface area contributed by atoms with Gasteiger partial charge in [-0.1, -0.05) is 31.5 Å². The molecule has 1 heterocycles. The number of halogens is 1. The van der Waals surface area contributed by atoms with E-state index in [9.17, 15) is 8.42 Å². The highest BCUT2D eigenvalue weighted by atomic mass is 35.5. The lowest BCUT2D eigenvalue weighted by Crippen LogP contribution is -2.38. The number of nitrogens with zero attached hydrogens (tertiary/aromatic N) is 1. The summed E-state index contributed by atoms with van der Waals surface area (Å²) in [4.78, 5) is 0.361. The van der Waals surface area contributed by atoms with E-state index in [1.54, 1.807) is 22.5 Å². The molecular weight excluding hydrogens is 282 g/mol. The summed E-state index contributed by atoms with van der Waals surface area (Å²) in [5, 5.41) is 0. The molecule has 0 bridgehead atoms. The normalized spacial score (nSPS) is 18.6. The highest BCUT2D eigenvalue weighted by Crippen LogP contribution is 2.27. The van der Waals surface area contributed by atoms with Crippen molar-refractivity contribution in [2.75, 3.05) is 13.1 Å². The standard InChI is InChI=1S/C14H20ClNO2S/c1-2-12-7-9-16(10-8-12)19(17,18)14-6-4-3-5-13(14)11-15/h3-6,12H,2,7-11H2,1H3. The Morgan fingerprint density at radius 3 is 2.47 bits per heavy atom. The second-order valence-corrected chi connectivity index (χ2v) is 7.17. The fraction of sp³-hybridized carbons (Fsp3) is 0.571. The molecule has 5 heteroatoms. The first-order valence-electron chi connectivity index (χ1n) is 6.73. The van der Waals surface area contributed by atoms with Gasteiger partial charge in [-0.2, -0.15) is 4.31 Å². The minimum absolute atomic E-state index is 0.223. The van der Waals surface area contributed by atoms with Gasteiger partial charge >= 0.3 is 0 Å². The third-order valence-corrected chi connectivity index (χ3v) is 6.17. The van der Waals surface area contributed by atoms with E-state index in [1.165, 1.54) is 0 Å². The van der Waals surface area contributed by atoms with E-state index in [-0.39, 0.29) is 5.88 Å². The Labute approximate surface area is 120 Å². The van der Waals surface area contributed by atoms with Crippen LogP contribution >= 0.6 is 11.6 Å². The maximum Gasteiger partial charge on any atom is 0.243 e. The molecule has 2 rings (SSSR count). The summed E-state index contributed by atoms with van der Waals surface area (Å²) < 4.78 is 26.9. The van der Waals surface area contributed by atoms with Crippen molar-refractivity contribution in [3.05, 3.63) is 29.8 Å². The molecular formula is C14H20ClNO2S. The molecule has 1 aliphatic rings. The van der Waals surface area contributed by atoms with Gasteiger partial charge in [-0.3, -0.25) is 0 Å². The second kappa shape index (κ2) is 6.25. The Balaban J connectivity index is 2.23. The zero-order valence-electron chi connectivity index (χ0n) is 11.2. The van der Waals surface area contributed by atoms with Crippen LogP contribution in [0.4, 0.5) is 0 Å². The summed E-state index contributed by atoms with van der Waals surface area (Å²) in [6, 6.07) is 7.00. The van der Waals surface area contributed by atoms with Crippen LogP contribution < -0.4 is 0 Å². The molecule has 1 fully saturated rings. The smallest absolute Gasteiger partial charge is 0.207 e. The topological polar surface area (TPSA) is 37.4 Å². The average molecular weight is 302 g/mol. The van der Waals surface area contributed by atoms with Crippen LogP contribution in [0.1, 0.15) is 31.7 Å². The van der Waals surface area contributed by atoms with E-state index in [1.807, 2.05) is 6.07 Å². The first-order valence-corrected chi connectivity index (χ1v) is 8.71. The lowest BCUT2D eigenvalue weighted by Gasteiger charge is -2.31. The molecule has 0 spiro atoms. The van der Waals surface area contributed by atoms with Crippen molar-refractivity contribution in [3.8, 4) is 0 Å². The molecule has 0 unspecified atom stereocenters. The maximum atomic E-state index is 12.6. The van der Waals surface area contributed by atoms with Crippen molar-refractivity contribution >= 4 is 21.6 Å². The molecule has 1 aliphatic heterocycles. The van der Waals surface area contributed by atoms with E-state index < -0.39 is 10.0 Å². The molecule has 1 aromatic rings. The summed E-state index contributed by atoms with van der Waals surface area (Å²) >= 11 is 5.84. The highest BCUT2D eigenvalue weighted by Gasteiger charge is 2.29. The minimum Gasteiger partial charge on any atom is -0.207 e. The van der Waals surface area contributed by atoms with Crippen LogP contribution in [0.5, 0.6) is 0 Å². The molecule has 1 saturated heterocycles. The molecule has 0 saturated carbocycles. The fourth-order valence-corrected chi connectivity index (χ4v) is 4.57. The van der Waals surface area contributed by atoms with Gasteiger partial charge in [0.15, 0.2) is 0 Å². The van der Waals surface area contributed by atoms with Crippen LogP contribution in [0.25, 0.3) is 0 Å². The lowest BCUT2D eigenvalue weighted by atomic mass is 9.96. The summed E-state index contributed by atoms with van der Waals surface area (Å²) in [7, 11) is -3.39. The first kappa shape index (κ1) is 14.8. The first-order chi connectivity index (χ1) is 9.09. The molecule has 0 radical (unpaired) electrons. The quantitative estimate of drug-likeness (QED) is 0.801. The third kappa shape index (κ3) is 3.12. The number of hydrogen-bond acceptors (Lipinski definition) is 2. The molecule has 0 amide bonds. The van der Waals surface area contributed by atoms with Crippen LogP contribution in [0, 0.1) is 5.92 Å². The zero-order chi connectivity index (χ0) is 13.9. The van der Waals surface area contributed by atoms with Gasteiger partial charge in [-0.15, -0.1) is 11.6 Å². The Hall–Kier alpha value is -0.580. The molecule has 3 nitrogen and oxygen atoms in total. The van der Waals surface area contributed by atoms with E-state index in [0.717, 1.165) is 19.3 Å². The Morgan fingerprint density at radius 2 is 1.89 bits per heavy atom. The van der Waals surface area contributed by atoms with Gasteiger partial charge in [-0.25, -0.2) is 8.42 Å². The van der Waals surface area contributed by atoms with E-state index >= 15 is 0 Å². The largest absolute Gasteiger partial charge is 0.243 e. The molecule has 0 aromatic heterocycles. The van der Waals surface area contributed by atoms with E-state index in [4.69, 9.17) is 11.6 Å². The Morgan fingerprint density at radius 1 is 1.26 bits per heavy atom. The predicted molar refractivity (Wildman–Crippen MR) is 77.8 cm³/mol. The van der Waals surface area contributed by atoms with Gasteiger partial charge in [-0.05, 0) is 30.4 Å². The monoisotopic (exact) mass is 301 g/mol. The van der Waals surface area contributed by atoms with Gasteiger partial charge in [0.1, 0.15) is 0 Å². The summed E-state index contributed by atoms with van der Waals surface area (Å²) in [5.41, 5.74) is 0.682. The van der Waals surface area contributed by atoms with Crippen molar-refractivity contribution in [1.82, 2.24) is 4.31 Å². The van der Waals surface area contributed by atoms with Crippen molar-refractivity contribution in [2.24, 2.45) is 5.92 Å². The van der Waals surface area contributed by atoms with Gasteiger partial charge in [0.25, 0.3) is 0 Å². The number of benzene rings is 1. The van der Waals surface area contributed by atoms with Crippen molar-refractivity contribution in [1.29, 1.82) is 0 Å². The van der Waals surface area contributed by atoms with Crippen molar-refractivity contribution < 1.29 is 8.42 Å². The third-order valence-electron chi connectivity index (χ3n) is 3.89. The number of piperidine rings is 1. The maximum absolute atomic E-state index is 12.6. The van der Waals surface area contributed by atoms with Gasteiger partial charge in [0.2, 0.25) is 10.0 Å². The van der Waals surface area contributed by atoms with E-state index in [0.29, 0.717) is 29.5 Å². The van der Waals surface area contributed by atoms with E-state index in [2.05, 4.69) is 6.92 Å². The predicted octanol–water partition coefficient (Wildman–Crippen LogP) is 3.24. The van der Waals surface area contributed by atoms with Crippen molar-refractivity contribution in [3.63, 3.8) is 0 Å². The zero-order valence-corrected chi connectivity index (χ0v) is 12.8. The number of rotatable bonds is 4. The molecule has 106 valence electrons. The van der Waals surface area contributed by atoms with Crippen LogP contribution in [-0.4, -0.2) is 25.8 Å². The molecule has 19 heavy (non-hydrogen) atoms. The summed E-state index contributed by atoms with van der Waals surface area (Å²) in [5.74, 6) is 0.885. The average Bonchev–Trinajstić information content (AvgIpc) is 2.47. The summed E-state index contributed by atoms with van der Waals surface area (Å²) in [6.07, 6.45) is 3.05. The summed E-state index contributed by atoms with van der Waals surface area (Å²) in [6.45, 7) is 3.41. The molecule has 0 atom stereocenters. The van der Waals surface area contributed by atoms with Crippen LogP contribution in [0.2, 0.25) is 0 Å².